The van der Waals surface area contributed by atoms with E-state index in [0.717, 1.165) is 22.2 Å². The van der Waals surface area contributed by atoms with Gasteiger partial charge in [-0.3, -0.25) is 24.6 Å². The van der Waals surface area contributed by atoms with E-state index in [1.807, 2.05) is 38.1 Å². The molecule has 0 saturated carbocycles. The zero-order chi connectivity index (χ0) is 25.7. The second-order valence-electron chi connectivity index (χ2n) is 8.10. The Hall–Kier alpha value is -4.11. The fourth-order valence-corrected chi connectivity index (χ4v) is 4.38. The standard InChI is InChI=1S/C27H24N2O6S/c1-3-34-24-14-21(10-13-23(24)35-17-20-6-4-18(2)5-7-20)15-25-26(30)28(27(31)36-25)16-19-8-11-22(12-9-19)29(32)33/h4-15H,3,16-17H2,1-2H3/b25-15-. The van der Waals surface area contributed by atoms with Gasteiger partial charge in [-0.15, -0.1) is 0 Å². The van der Waals surface area contributed by atoms with Gasteiger partial charge in [0.25, 0.3) is 16.8 Å². The third kappa shape index (κ3) is 5.92. The fourth-order valence-electron chi connectivity index (χ4n) is 3.54. The van der Waals surface area contributed by atoms with Crippen LogP contribution in [-0.2, 0) is 17.9 Å². The molecule has 0 N–H and O–H groups in total. The lowest BCUT2D eigenvalue weighted by molar-refractivity contribution is -0.384. The number of hydrogen-bond acceptors (Lipinski definition) is 7. The number of ether oxygens (including phenoxy) is 2. The van der Waals surface area contributed by atoms with Crippen LogP contribution >= 0.6 is 11.8 Å². The van der Waals surface area contributed by atoms with E-state index < -0.39 is 16.1 Å². The van der Waals surface area contributed by atoms with Crippen LogP contribution in [0.15, 0.2) is 71.6 Å². The minimum Gasteiger partial charge on any atom is -0.490 e. The summed E-state index contributed by atoms with van der Waals surface area (Å²) in [6.07, 6.45) is 1.65. The average Bonchev–Trinajstić information content (AvgIpc) is 3.12. The highest BCUT2D eigenvalue weighted by Gasteiger charge is 2.35. The van der Waals surface area contributed by atoms with Crippen molar-refractivity contribution in [1.82, 2.24) is 4.90 Å². The summed E-state index contributed by atoms with van der Waals surface area (Å²) in [6.45, 7) is 4.77. The van der Waals surface area contributed by atoms with Crippen LogP contribution in [0.2, 0.25) is 0 Å². The summed E-state index contributed by atoms with van der Waals surface area (Å²) in [4.78, 5) is 37.2. The molecule has 1 fully saturated rings. The monoisotopic (exact) mass is 504 g/mol. The van der Waals surface area contributed by atoms with Crippen molar-refractivity contribution in [2.24, 2.45) is 0 Å². The van der Waals surface area contributed by atoms with Crippen LogP contribution in [0.5, 0.6) is 11.5 Å². The molecular formula is C27H24N2O6S. The van der Waals surface area contributed by atoms with Gasteiger partial charge in [0.05, 0.1) is 23.0 Å². The third-order valence-electron chi connectivity index (χ3n) is 5.44. The number of benzene rings is 3. The molecule has 0 aromatic heterocycles. The molecule has 9 heteroatoms. The molecule has 4 rings (SSSR count). The van der Waals surface area contributed by atoms with E-state index in [-0.39, 0.29) is 17.1 Å². The lowest BCUT2D eigenvalue weighted by Crippen LogP contribution is -2.27. The molecule has 0 bridgehead atoms. The molecule has 0 unspecified atom stereocenters. The second-order valence-corrected chi connectivity index (χ2v) is 9.10. The van der Waals surface area contributed by atoms with Crippen LogP contribution in [-0.4, -0.2) is 27.6 Å². The van der Waals surface area contributed by atoms with E-state index >= 15 is 0 Å². The minimum atomic E-state index is -0.498. The Balaban J connectivity index is 1.48. The first-order valence-corrected chi connectivity index (χ1v) is 12.1. The van der Waals surface area contributed by atoms with Crippen LogP contribution in [0, 0.1) is 17.0 Å². The lowest BCUT2D eigenvalue weighted by atomic mass is 10.1. The Kier molecular flexibility index (Phi) is 7.70. The van der Waals surface area contributed by atoms with Crippen molar-refractivity contribution in [2.45, 2.75) is 27.0 Å². The first-order chi connectivity index (χ1) is 17.3. The summed E-state index contributed by atoms with van der Waals surface area (Å²) >= 11 is 0.854. The van der Waals surface area contributed by atoms with Crippen LogP contribution in [0.25, 0.3) is 6.08 Å². The molecule has 36 heavy (non-hydrogen) atoms. The highest BCUT2D eigenvalue weighted by Crippen LogP contribution is 2.35. The molecule has 1 heterocycles. The number of thioether (sulfide) groups is 1. The summed E-state index contributed by atoms with van der Waals surface area (Å²) in [6, 6.07) is 19.2. The largest absolute Gasteiger partial charge is 0.490 e. The number of carbonyl (C=O) groups excluding carboxylic acids is 2. The number of non-ortho nitro benzene ring substituents is 1. The topological polar surface area (TPSA) is 99.0 Å². The van der Waals surface area contributed by atoms with E-state index in [4.69, 9.17) is 9.47 Å². The maximum Gasteiger partial charge on any atom is 0.293 e. The number of rotatable bonds is 9. The van der Waals surface area contributed by atoms with Crippen molar-refractivity contribution < 1.29 is 24.0 Å². The van der Waals surface area contributed by atoms with E-state index in [1.165, 1.54) is 29.8 Å². The molecule has 0 radical (unpaired) electrons. The number of nitro benzene ring substituents is 1. The zero-order valence-corrected chi connectivity index (χ0v) is 20.6. The molecule has 8 nitrogen and oxygen atoms in total. The first kappa shape index (κ1) is 25.0. The van der Waals surface area contributed by atoms with Gasteiger partial charge >= 0.3 is 0 Å². The second kappa shape index (κ2) is 11.1. The number of nitro groups is 1. The van der Waals surface area contributed by atoms with Gasteiger partial charge in [-0.25, -0.2) is 0 Å². The lowest BCUT2D eigenvalue weighted by Gasteiger charge is -2.13. The Bertz CT molecular complexity index is 1320. The van der Waals surface area contributed by atoms with Gasteiger partial charge in [-0.05, 0) is 60.5 Å². The van der Waals surface area contributed by atoms with Crippen molar-refractivity contribution in [3.63, 3.8) is 0 Å². The Morgan fingerprint density at radius 2 is 1.64 bits per heavy atom. The quantitative estimate of drug-likeness (QED) is 0.197. The maximum atomic E-state index is 12.9. The normalized spacial score (nSPS) is 14.4. The minimum absolute atomic E-state index is 0.0377. The van der Waals surface area contributed by atoms with Crippen molar-refractivity contribution >= 4 is 34.7 Å². The molecule has 0 spiro atoms. The number of imide groups is 1. The number of carbonyl (C=O) groups is 2. The van der Waals surface area contributed by atoms with Gasteiger partial charge < -0.3 is 9.47 Å². The van der Waals surface area contributed by atoms with Gasteiger partial charge in [0.1, 0.15) is 6.61 Å². The molecule has 0 aliphatic carbocycles. The maximum absolute atomic E-state index is 12.9. The number of nitrogens with zero attached hydrogens (tertiary/aromatic N) is 2. The molecule has 0 atom stereocenters. The molecule has 184 valence electrons. The summed E-state index contributed by atoms with van der Waals surface area (Å²) in [7, 11) is 0. The van der Waals surface area contributed by atoms with Gasteiger partial charge in [0.15, 0.2) is 11.5 Å². The van der Waals surface area contributed by atoms with Crippen LogP contribution in [0.4, 0.5) is 10.5 Å². The van der Waals surface area contributed by atoms with Crippen LogP contribution in [0.3, 0.4) is 0 Å². The van der Waals surface area contributed by atoms with Crippen molar-refractivity contribution in [3.05, 3.63) is 104 Å². The molecule has 2 amide bonds. The van der Waals surface area contributed by atoms with Gasteiger partial charge in [0.2, 0.25) is 0 Å². The molecule has 1 saturated heterocycles. The summed E-state index contributed by atoms with van der Waals surface area (Å²) < 4.78 is 11.7. The first-order valence-electron chi connectivity index (χ1n) is 11.3. The SMILES string of the molecule is CCOc1cc(/C=C2\SC(=O)N(Cc3ccc([N+](=O)[O-])cc3)C2=O)ccc1OCc1ccc(C)cc1. The summed E-state index contributed by atoms with van der Waals surface area (Å²) in [5, 5.41) is 10.4. The highest BCUT2D eigenvalue weighted by molar-refractivity contribution is 8.18. The van der Waals surface area contributed by atoms with E-state index in [9.17, 15) is 19.7 Å². The Labute approximate surface area is 212 Å². The fraction of sp³-hybridized carbons (Fsp3) is 0.185. The molecule has 1 aliphatic heterocycles. The van der Waals surface area contributed by atoms with Gasteiger partial charge in [-0.1, -0.05) is 48.0 Å². The van der Waals surface area contributed by atoms with E-state index in [1.54, 1.807) is 24.3 Å². The van der Waals surface area contributed by atoms with E-state index in [2.05, 4.69) is 0 Å². The van der Waals surface area contributed by atoms with E-state index in [0.29, 0.717) is 35.8 Å². The highest BCUT2D eigenvalue weighted by atomic mass is 32.2. The predicted octanol–water partition coefficient (Wildman–Crippen LogP) is 6.12. The molecule has 1 aliphatic rings. The van der Waals surface area contributed by atoms with Crippen LogP contribution in [0.1, 0.15) is 29.2 Å². The number of amides is 2. The van der Waals surface area contributed by atoms with Gasteiger partial charge in [-0.2, -0.15) is 0 Å². The predicted molar refractivity (Wildman–Crippen MR) is 138 cm³/mol. The van der Waals surface area contributed by atoms with Crippen molar-refractivity contribution in [2.75, 3.05) is 6.61 Å². The Morgan fingerprint density at radius 1 is 0.944 bits per heavy atom. The zero-order valence-electron chi connectivity index (χ0n) is 19.8. The van der Waals surface area contributed by atoms with Crippen molar-refractivity contribution in [3.8, 4) is 11.5 Å². The average molecular weight is 505 g/mol. The molecular weight excluding hydrogens is 480 g/mol. The Morgan fingerprint density at radius 3 is 2.31 bits per heavy atom. The summed E-state index contributed by atoms with van der Waals surface area (Å²) in [5.74, 6) is 0.713. The number of aryl methyl sites for hydroxylation is 1. The smallest absolute Gasteiger partial charge is 0.293 e. The number of hydrogen-bond donors (Lipinski definition) is 0. The van der Waals surface area contributed by atoms with Gasteiger partial charge in [0, 0.05) is 12.1 Å². The van der Waals surface area contributed by atoms with Crippen molar-refractivity contribution in [1.29, 1.82) is 0 Å². The third-order valence-corrected chi connectivity index (χ3v) is 6.35. The van der Waals surface area contributed by atoms with Crippen LogP contribution < -0.4 is 9.47 Å². The molecule has 3 aromatic carbocycles. The molecule has 3 aromatic rings. The summed E-state index contributed by atoms with van der Waals surface area (Å²) in [5.41, 5.74) is 3.48.